The Bertz CT molecular complexity index is 270. The predicted molar refractivity (Wildman–Crippen MR) is 51.1 cm³/mol. The van der Waals surface area contributed by atoms with Crippen molar-refractivity contribution in [2.75, 3.05) is 0 Å². The fourth-order valence-electron chi connectivity index (χ4n) is 1.02. The Hall–Kier alpha value is -0.350. The molecule has 0 aliphatic carbocycles. The van der Waals surface area contributed by atoms with Crippen LogP contribution < -0.4 is 0 Å². The number of aromatic amines is 1. The molecule has 0 spiro atoms. The van der Waals surface area contributed by atoms with Crippen LogP contribution in [0.1, 0.15) is 31.3 Å². The third-order valence-corrected chi connectivity index (χ3v) is 2.59. The summed E-state index contributed by atoms with van der Waals surface area (Å²) in [5.74, 6) is 0.949. The van der Waals surface area contributed by atoms with Crippen LogP contribution in [-0.2, 0) is 0 Å². The van der Waals surface area contributed by atoms with Crippen molar-refractivity contribution in [1.82, 2.24) is 9.97 Å². The van der Waals surface area contributed by atoms with Crippen molar-refractivity contribution in [1.29, 1.82) is 0 Å². The average molecular weight is 233 g/mol. The minimum atomic E-state index is -0.360. The predicted octanol–water partition coefficient (Wildman–Crippen LogP) is 1.96. The summed E-state index contributed by atoms with van der Waals surface area (Å²) in [5, 5.41) is 9.34. The van der Waals surface area contributed by atoms with E-state index in [1.54, 1.807) is 6.92 Å². The first-order valence-corrected chi connectivity index (χ1v) is 4.71. The highest BCUT2D eigenvalue weighted by Crippen LogP contribution is 2.24. The molecule has 2 N–H and O–H groups in total. The lowest BCUT2D eigenvalue weighted by Gasteiger charge is -2.12. The van der Waals surface area contributed by atoms with Gasteiger partial charge in [-0.1, -0.05) is 6.92 Å². The lowest BCUT2D eigenvalue weighted by Crippen LogP contribution is -2.11. The Morgan fingerprint density at radius 3 is 2.42 bits per heavy atom. The van der Waals surface area contributed by atoms with Crippen molar-refractivity contribution < 1.29 is 5.11 Å². The monoisotopic (exact) mass is 232 g/mol. The van der Waals surface area contributed by atoms with Crippen LogP contribution in [0.3, 0.4) is 0 Å². The molecule has 2 atom stereocenters. The number of aryl methyl sites for hydroxylation is 1. The van der Waals surface area contributed by atoms with Gasteiger partial charge in [-0.25, -0.2) is 4.98 Å². The molecule has 2 unspecified atom stereocenters. The summed E-state index contributed by atoms with van der Waals surface area (Å²) in [6.45, 7) is 5.62. The number of hydrogen-bond donors (Lipinski definition) is 2. The van der Waals surface area contributed by atoms with Crippen LogP contribution in [0.4, 0.5) is 0 Å². The van der Waals surface area contributed by atoms with Gasteiger partial charge in [-0.3, -0.25) is 0 Å². The summed E-state index contributed by atoms with van der Waals surface area (Å²) in [6, 6.07) is 0. The van der Waals surface area contributed by atoms with Crippen LogP contribution in [0, 0.1) is 6.92 Å². The highest BCUT2D eigenvalue weighted by atomic mass is 79.9. The maximum absolute atomic E-state index is 9.34. The van der Waals surface area contributed by atoms with Gasteiger partial charge in [0.15, 0.2) is 0 Å². The fourth-order valence-corrected chi connectivity index (χ4v) is 1.75. The zero-order chi connectivity index (χ0) is 9.30. The number of H-pyrrole nitrogens is 1. The topological polar surface area (TPSA) is 48.9 Å². The van der Waals surface area contributed by atoms with Crippen molar-refractivity contribution >= 4 is 15.9 Å². The van der Waals surface area contributed by atoms with Gasteiger partial charge >= 0.3 is 0 Å². The number of imidazole rings is 1. The number of rotatable bonds is 2. The van der Waals surface area contributed by atoms with E-state index in [-0.39, 0.29) is 12.0 Å². The SMILES string of the molecule is Cc1nc(Br)c(C(C)C(C)O)[nH]1. The quantitative estimate of drug-likeness (QED) is 0.820. The second-order valence-corrected chi connectivity index (χ2v) is 3.81. The summed E-state index contributed by atoms with van der Waals surface area (Å²) in [4.78, 5) is 7.27. The second kappa shape index (κ2) is 3.58. The van der Waals surface area contributed by atoms with Crippen LogP contribution in [0.2, 0.25) is 0 Å². The Labute approximate surface area is 80.3 Å². The number of hydrogen-bond acceptors (Lipinski definition) is 2. The third kappa shape index (κ3) is 1.87. The van der Waals surface area contributed by atoms with Crippen molar-refractivity contribution in [3.05, 3.63) is 16.1 Å². The zero-order valence-corrected chi connectivity index (χ0v) is 9.01. The largest absolute Gasteiger partial charge is 0.393 e. The molecule has 0 bridgehead atoms. The van der Waals surface area contributed by atoms with Gasteiger partial charge < -0.3 is 10.1 Å². The van der Waals surface area contributed by atoms with Crippen molar-refractivity contribution in [3.8, 4) is 0 Å². The fraction of sp³-hybridized carbons (Fsp3) is 0.625. The lowest BCUT2D eigenvalue weighted by atomic mass is 10.0. The van der Waals surface area contributed by atoms with E-state index in [2.05, 4.69) is 25.9 Å². The Morgan fingerprint density at radius 1 is 1.50 bits per heavy atom. The van der Waals surface area contributed by atoms with Gasteiger partial charge in [0.05, 0.1) is 11.8 Å². The van der Waals surface area contributed by atoms with Crippen LogP contribution in [-0.4, -0.2) is 21.2 Å². The summed E-state index contributed by atoms with van der Waals surface area (Å²) in [6.07, 6.45) is -0.360. The summed E-state index contributed by atoms with van der Waals surface area (Å²) < 4.78 is 0.799. The number of nitrogens with one attached hydrogen (secondary N) is 1. The normalized spacial score (nSPS) is 16.1. The second-order valence-electron chi connectivity index (χ2n) is 3.06. The van der Waals surface area contributed by atoms with Crippen LogP contribution in [0.15, 0.2) is 4.60 Å². The molecule has 0 fully saturated rings. The molecule has 0 saturated heterocycles. The van der Waals surface area contributed by atoms with Crippen LogP contribution in [0.5, 0.6) is 0 Å². The summed E-state index contributed by atoms with van der Waals surface area (Å²) >= 11 is 3.33. The summed E-state index contributed by atoms with van der Waals surface area (Å²) in [7, 11) is 0. The Morgan fingerprint density at radius 2 is 2.08 bits per heavy atom. The molecule has 0 amide bonds. The molecule has 0 aliphatic rings. The van der Waals surface area contributed by atoms with E-state index >= 15 is 0 Å². The molecule has 0 radical (unpaired) electrons. The van der Waals surface area contributed by atoms with Gasteiger partial charge in [-0.15, -0.1) is 0 Å². The molecule has 1 aromatic rings. The number of halogens is 1. The molecular formula is C8H13BrN2O. The van der Waals surface area contributed by atoms with Crippen LogP contribution in [0.25, 0.3) is 0 Å². The minimum absolute atomic E-state index is 0.0839. The zero-order valence-electron chi connectivity index (χ0n) is 7.43. The molecule has 1 aromatic heterocycles. The maximum Gasteiger partial charge on any atom is 0.127 e. The van der Waals surface area contributed by atoms with Gasteiger partial charge in [0, 0.05) is 5.92 Å². The molecule has 12 heavy (non-hydrogen) atoms. The number of nitrogens with zero attached hydrogens (tertiary/aromatic N) is 1. The maximum atomic E-state index is 9.34. The van der Waals surface area contributed by atoms with Gasteiger partial charge in [0.2, 0.25) is 0 Å². The van der Waals surface area contributed by atoms with E-state index < -0.39 is 0 Å². The molecule has 0 aromatic carbocycles. The number of aliphatic hydroxyl groups excluding tert-OH is 1. The lowest BCUT2D eigenvalue weighted by molar-refractivity contribution is 0.167. The number of aliphatic hydroxyl groups is 1. The van der Waals surface area contributed by atoms with E-state index in [9.17, 15) is 5.11 Å². The van der Waals surface area contributed by atoms with Crippen molar-refractivity contribution in [3.63, 3.8) is 0 Å². The molecule has 1 rings (SSSR count). The summed E-state index contributed by atoms with van der Waals surface area (Å²) in [5.41, 5.74) is 0.961. The third-order valence-electron chi connectivity index (χ3n) is 1.98. The number of aromatic nitrogens is 2. The van der Waals surface area contributed by atoms with E-state index in [0.717, 1.165) is 16.1 Å². The van der Waals surface area contributed by atoms with Gasteiger partial charge in [-0.05, 0) is 29.8 Å². The minimum Gasteiger partial charge on any atom is -0.393 e. The molecular weight excluding hydrogens is 220 g/mol. The van der Waals surface area contributed by atoms with E-state index in [0.29, 0.717) is 0 Å². The Kier molecular flexibility index (Phi) is 2.90. The molecule has 68 valence electrons. The van der Waals surface area contributed by atoms with Gasteiger partial charge in [0.1, 0.15) is 10.4 Å². The van der Waals surface area contributed by atoms with Gasteiger partial charge in [0.25, 0.3) is 0 Å². The molecule has 1 heterocycles. The van der Waals surface area contributed by atoms with Crippen LogP contribution >= 0.6 is 15.9 Å². The van der Waals surface area contributed by atoms with E-state index in [1.165, 1.54) is 0 Å². The Balaban J connectivity index is 2.94. The first-order chi connectivity index (χ1) is 5.52. The van der Waals surface area contributed by atoms with E-state index in [1.807, 2.05) is 13.8 Å². The highest BCUT2D eigenvalue weighted by molar-refractivity contribution is 9.10. The molecule has 0 saturated carbocycles. The van der Waals surface area contributed by atoms with Crippen molar-refractivity contribution in [2.24, 2.45) is 0 Å². The first kappa shape index (κ1) is 9.74. The molecule has 0 aliphatic heterocycles. The highest BCUT2D eigenvalue weighted by Gasteiger charge is 2.17. The average Bonchev–Trinajstić information content (AvgIpc) is 2.28. The smallest absolute Gasteiger partial charge is 0.127 e. The van der Waals surface area contributed by atoms with E-state index in [4.69, 9.17) is 0 Å². The standard InChI is InChI=1S/C8H13BrN2O/c1-4(5(2)12)7-8(9)11-6(3)10-7/h4-5,12H,1-3H3,(H,10,11). The van der Waals surface area contributed by atoms with Crippen molar-refractivity contribution in [2.45, 2.75) is 32.8 Å². The van der Waals surface area contributed by atoms with Gasteiger partial charge in [-0.2, -0.15) is 0 Å². The molecule has 3 nitrogen and oxygen atoms in total. The molecule has 4 heteroatoms. The first-order valence-electron chi connectivity index (χ1n) is 3.92.